The summed E-state index contributed by atoms with van der Waals surface area (Å²) < 4.78 is 0. The molecule has 0 aromatic heterocycles. The van der Waals surface area contributed by atoms with Crippen LogP contribution in [-0.2, 0) is 4.79 Å². The molecule has 0 bridgehead atoms. The van der Waals surface area contributed by atoms with Gasteiger partial charge in [-0.3, -0.25) is 10.2 Å². The molecular weight excluding hydrogens is 262 g/mol. The molecule has 116 valence electrons. The van der Waals surface area contributed by atoms with Crippen LogP contribution in [0.25, 0.3) is 0 Å². The summed E-state index contributed by atoms with van der Waals surface area (Å²) in [6, 6.07) is 6.27. The average molecular weight is 289 g/mol. The number of hydrogen-bond acceptors (Lipinski definition) is 3. The summed E-state index contributed by atoms with van der Waals surface area (Å²) in [4.78, 5) is 14.5. The number of fused-ring (bicyclic) bond motifs is 1. The number of carbonyl (C=O) groups is 1. The zero-order chi connectivity index (χ0) is 15.8. The van der Waals surface area contributed by atoms with Crippen molar-refractivity contribution in [2.45, 2.75) is 65.0 Å². The van der Waals surface area contributed by atoms with Crippen LogP contribution in [0, 0.1) is 6.92 Å². The first-order chi connectivity index (χ1) is 9.81. The Labute approximate surface area is 127 Å². The molecule has 1 aromatic carbocycles. The third kappa shape index (κ3) is 2.77. The summed E-state index contributed by atoms with van der Waals surface area (Å²) in [6.07, 6.45) is 1.76. The third-order valence-electron chi connectivity index (χ3n) is 4.57. The smallest absolute Gasteiger partial charge is 0.256 e. The summed E-state index contributed by atoms with van der Waals surface area (Å²) in [7, 11) is 0. The van der Waals surface area contributed by atoms with Gasteiger partial charge in [0.25, 0.3) is 5.91 Å². The van der Waals surface area contributed by atoms with Crippen molar-refractivity contribution in [3.05, 3.63) is 29.3 Å². The molecule has 1 aliphatic heterocycles. The van der Waals surface area contributed by atoms with Gasteiger partial charge in [-0.1, -0.05) is 31.5 Å². The van der Waals surface area contributed by atoms with Crippen molar-refractivity contribution < 1.29 is 4.79 Å². The van der Waals surface area contributed by atoms with Crippen LogP contribution in [0.3, 0.4) is 0 Å². The molecule has 2 rings (SSSR count). The number of aryl methyl sites for hydroxylation is 1. The van der Waals surface area contributed by atoms with E-state index in [-0.39, 0.29) is 17.5 Å². The van der Waals surface area contributed by atoms with Crippen LogP contribution in [0.5, 0.6) is 0 Å². The minimum Gasteiger partial charge on any atom is -0.354 e. The van der Waals surface area contributed by atoms with Crippen molar-refractivity contribution in [3.63, 3.8) is 0 Å². The molecule has 0 fully saturated rings. The van der Waals surface area contributed by atoms with Crippen molar-refractivity contribution in [1.29, 1.82) is 0 Å². The Hall–Kier alpha value is -1.55. The fourth-order valence-electron chi connectivity index (χ4n) is 3.74. The molecule has 1 aromatic rings. The second kappa shape index (κ2) is 5.68. The third-order valence-corrected chi connectivity index (χ3v) is 4.57. The monoisotopic (exact) mass is 289 g/mol. The maximum Gasteiger partial charge on any atom is 0.256 e. The number of nitrogens with one attached hydrogen (secondary N) is 1. The lowest BCUT2D eigenvalue weighted by Crippen LogP contribution is -2.59. The van der Waals surface area contributed by atoms with Gasteiger partial charge in [0, 0.05) is 11.2 Å². The van der Waals surface area contributed by atoms with E-state index in [0.29, 0.717) is 5.92 Å². The maximum atomic E-state index is 12.2. The van der Waals surface area contributed by atoms with Crippen LogP contribution in [0.4, 0.5) is 5.69 Å². The van der Waals surface area contributed by atoms with Gasteiger partial charge in [0.05, 0.1) is 0 Å². The van der Waals surface area contributed by atoms with E-state index in [1.807, 2.05) is 6.92 Å². The fraction of sp³-hybridized carbons (Fsp3) is 0.588. The first kappa shape index (κ1) is 15.8. The van der Waals surface area contributed by atoms with E-state index in [0.717, 1.165) is 12.8 Å². The molecule has 1 amide bonds. The van der Waals surface area contributed by atoms with E-state index >= 15 is 0 Å². The van der Waals surface area contributed by atoms with Gasteiger partial charge in [0.1, 0.15) is 6.04 Å². The Morgan fingerprint density at radius 3 is 2.76 bits per heavy atom. The van der Waals surface area contributed by atoms with Gasteiger partial charge >= 0.3 is 0 Å². The lowest BCUT2D eigenvalue weighted by molar-refractivity contribution is -0.122. The Balaban J connectivity index is 2.57. The van der Waals surface area contributed by atoms with Gasteiger partial charge in [0.2, 0.25) is 0 Å². The van der Waals surface area contributed by atoms with Crippen LogP contribution in [-0.4, -0.2) is 17.5 Å². The molecule has 0 unspecified atom stereocenters. The SMILES string of the molecule is CC[C@@H](C(=O)NN)N1c2ccc(C)cc2[C@@H](C)CC1(C)C. The quantitative estimate of drug-likeness (QED) is 0.511. The van der Waals surface area contributed by atoms with E-state index in [9.17, 15) is 4.79 Å². The molecule has 0 spiro atoms. The minimum absolute atomic E-state index is 0.0745. The van der Waals surface area contributed by atoms with E-state index in [2.05, 4.69) is 56.2 Å². The number of hydrazine groups is 1. The molecule has 0 aliphatic carbocycles. The molecule has 0 saturated heterocycles. The first-order valence-corrected chi connectivity index (χ1v) is 7.72. The number of rotatable bonds is 3. The fourth-order valence-corrected chi connectivity index (χ4v) is 3.74. The number of nitrogens with two attached hydrogens (primary N) is 1. The van der Waals surface area contributed by atoms with Crippen molar-refractivity contribution in [2.75, 3.05) is 4.90 Å². The molecule has 21 heavy (non-hydrogen) atoms. The normalized spacial score (nSPS) is 21.6. The minimum atomic E-state index is -0.237. The average Bonchev–Trinajstić information content (AvgIpc) is 2.42. The van der Waals surface area contributed by atoms with E-state index in [1.54, 1.807) is 0 Å². The number of hydrogen-bond donors (Lipinski definition) is 2. The van der Waals surface area contributed by atoms with Gasteiger partial charge in [-0.25, -0.2) is 5.84 Å². The summed E-state index contributed by atoms with van der Waals surface area (Å²) in [5, 5.41) is 0. The van der Waals surface area contributed by atoms with Crippen molar-refractivity contribution in [2.24, 2.45) is 5.84 Å². The van der Waals surface area contributed by atoms with Crippen LogP contribution < -0.4 is 16.2 Å². The standard InChI is InChI=1S/C17H27N3O/c1-6-14(16(21)19-18)20-15-8-7-11(2)9-13(15)12(3)10-17(20,4)5/h7-9,12,14H,6,10,18H2,1-5H3,(H,19,21)/t12-,14-/m0/s1. The van der Waals surface area contributed by atoms with E-state index < -0.39 is 0 Å². The van der Waals surface area contributed by atoms with Crippen LogP contribution in [0.1, 0.15) is 57.6 Å². The summed E-state index contributed by atoms with van der Waals surface area (Å²) >= 11 is 0. The molecule has 0 saturated carbocycles. The Bertz CT molecular complexity index is 539. The number of carbonyl (C=O) groups excluding carboxylic acids is 1. The molecule has 4 nitrogen and oxygen atoms in total. The molecular formula is C17H27N3O. The van der Waals surface area contributed by atoms with Crippen molar-refractivity contribution in [1.82, 2.24) is 5.43 Å². The largest absolute Gasteiger partial charge is 0.354 e. The molecule has 2 atom stereocenters. The zero-order valence-electron chi connectivity index (χ0n) is 13.7. The molecule has 0 radical (unpaired) electrons. The predicted octanol–water partition coefficient (Wildman–Crippen LogP) is 2.86. The highest BCUT2D eigenvalue weighted by Crippen LogP contribution is 2.45. The summed E-state index contributed by atoms with van der Waals surface area (Å²) in [5.41, 5.74) is 6.01. The zero-order valence-corrected chi connectivity index (χ0v) is 13.7. The van der Waals surface area contributed by atoms with E-state index in [4.69, 9.17) is 5.84 Å². The first-order valence-electron chi connectivity index (χ1n) is 7.72. The summed E-state index contributed by atoms with van der Waals surface area (Å²) in [6.45, 7) is 10.8. The Morgan fingerprint density at radius 2 is 2.19 bits per heavy atom. The second-order valence-corrected chi connectivity index (χ2v) is 6.78. The highest BCUT2D eigenvalue weighted by Gasteiger charge is 2.41. The van der Waals surface area contributed by atoms with Gasteiger partial charge in [-0.15, -0.1) is 0 Å². The molecule has 1 heterocycles. The number of anilines is 1. The molecule has 4 heteroatoms. The maximum absolute atomic E-state index is 12.2. The second-order valence-electron chi connectivity index (χ2n) is 6.78. The molecule has 1 aliphatic rings. The van der Waals surface area contributed by atoms with Gasteiger partial charge in [-0.2, -0.15) is 0 Å². The lowest BCUT2D eigenvalue weighted by Gasteiger charge is -2.50. The Morgan fingerprint density at radius 1 is 1.52 bits per heavy atom. The lowest BCUT2D eigenvalue weighted by atomic mass is 9.78. The highest BCUT2D eigenvalue weighted by atomic mass is 16.2. The van der Waals surface area contributed by atoms with Gasteiger partial charge < -0.3 is 4.90 Å². The number of benzene rings is 1. The van der Waals surface area contributed by atoms with Crippen LogP contribution in [0.15, 0.2) is 18.2 Å². The predicted molar refractivity (Wildman–Crippen MR) is 87.2 cm³/mol. The van der Waals surface area contributed by atoms with Crippen molar-refractivity contribution in [3.8, 4) is 0 Å². The van der Waals surface area contributed by atoms with Gasteiger partial charge in [-0.05, 0) is 51.2 Å². The topological polar surface area (TPSA) is 58.4 Å². The number of amides is 1. The Kier molecular flexibility index (Phi) is 4.28. The van der Waals surface area contributed by atoms with E-state index in [1.165, 1.54) is 16.8 Å². The van der Waals surface area contributed by atoms with Gasteiger partial charge in [0.15, 0.2) is 0 Å². The highest BCUT2D eigenvalue weighted by molar-refractivity contribution is 5.86. The van der Waals surface area contributed by atoms with Crippen LogP contribution >= 0.6 is 0 Å². The van der Waals surface area contributed by atoms with Crippen LogP contribution in [0.2, 0.25) is 0 Å². The van der Waals surface area contributed by atoms with Crippen molar-refractivity contribution >= 4 is 11.6 Å². The summed E-state index contributed by atoms with van der Waals surface area (Å²) in [5.74, 6) is 5.76. The number of nitrogens with zero attached hydrogens (tertiary/aromatic N) is 1. The molecule has 3 N–H and O–H groups in total.